The van der Waals surface area contributed by atoms with Gasteiger partial charge in [0.2, 0.25) is 15.9 Å². The highest BCUT2D eigenvalue weighted by Gasteiger charge is 2.24. The predicted molar refractivity (Wildman–Crippen MR) is 127 cm³/mol. The van der Waals surface area contributed by atoms with Crippen molar-refractivity contribution < 1.29 is 13.2 Å². The Balaban J connectivity index is 1.25. The van der Waals surface area contributed by atoms with Crippen LogP contribution in [0.5, 0.6) is 0 Å². The number of nitrogens with zero attached hydrogens (tertiary/aromatic N) is 1. The van der Waals surface area contributed by atoms with Crippen molar-refractivity contribution in [3.63, 3.8) is 0 Å². The average Bonchev–Trinajstić information content (AvgIpc) is 3.01. The molecule has 32 heavy (non-hydrogen) atoms. The minimum Gasteiger partial charge on any atom is -0.361 e. The molecule has 2 heterocycles. The molecule has 1 saturated heterocycles. The fraction of sp³-hybridized carbons (Fsp3) is 0.400. The molecule has 1 aliphatic heterocycles. The number of carbonyl (C=O) groups excluding carboxylic acids is 1. The van der Waals surface area contributed by atoms with Crippen LogP contribution in [0.4, 0.5) is 0 Å². The highest BCUT2D eigenvalue weighted by atomic mass is 32.2. The number of benzene rings is 2. The number of nitrogens with one attached hydrogen (secondary N) is 2. The number of hydrogen-bond acceptors (Lipinski definition) is 3. The van der Waals surface area contributed by atoms with Gasteiger partial charge in [-0.2, -0.15) is 4.31 Å². The van der Waals surface area contributed by atoms with Crippen LogP contribution in [-0.2, 0) is 27.7 Å². The number of aromatic nitrogens is 1. The van der Waals surface area contributed by atoms with Gasteiger partial charge in [-0.05, 0) is 55.0 Å². The highest BCUT2D eigenvalue weighted by Crippen LogP contribution is 2.21. The van der Waals surface area contributed by atoms with Crippen molar-refractivity contribution in [1.82, 2.24) is 14.6 Å². The van der Waals surface area contributed by atoms with Crippen LogP contribution < -0.4 is 5.32 Å². The summed E-state index contributed by atoms with van der Waals surface area (Å²) in [6, 6.07) is 15.1. The topological polar surface area (TPSA) is 82.3 Å². The first-order valence-electron chi connectivity index (χ1n) is 11.4. The number of rotatable bonds is 8. The van der Waals surface area contributed by atoms with E-state index in [2.05, 4.69) is 16.4 Å². The number of hydrogen-bond donors (Lipinski definition) is 2. The summed E-state index contributed by atoms with van der Waals surface area (Å²) in [5.41, 5.74) is 3.27. The van der Waals surface area contributed by atoms with Gasteiger partial charge in [0, 0.05) is 43.2 Å². The molecule has 1 fully saturated rings. The van der Waals surface area contributed by atoms with Crippen LogP contribution in [0.15, 0.2) is 59.6 Å². The first kappa shape index (κ1) is 22.6. The molecule has 0 saturated carbocycles. The lowest BCUT2D eigenvalue weighted by atomic mass is 10.1. The molecule has 1 amide bonds. The zero-order chi connectivity index (χ0) is 22.4. The maximum absolute atomic E-state index is 12.9. The molecule has 0 bridgehead atoms. The molecular formula is C25H31N3O3S. The summed E-state index contributed by atoms with van der Waals surface area (Å²) in [5.74, 6) is 0.00565. The second-order valence-electron chi connectivity index (χ2n) is 8.42. The fourth-order valence-corrected chi connectivity index (χ4v) is 5.80. The number of carbonyl (C=O) groups is 1. The van der Waals surface area contributed by atoms with Gasteiger partial charge in [-0.25, -0.2) is 8.42 Å². The van der Waals surface area contributed by atoms with E-state index in [0.717, 1.165) is 43.2 Å². The molecule has 4 rings (SSSR count). The van der Waals surface area contributed by atoms with E-state index in [1.165, 1.54) is 10.9 Å². The summed E-state index contributed by atoms with van der Waals surface area (Å²) in [6.45, 7) is 1.79. The number of fused-ring (bicyclic) bond motifs is 1. The Kier molecular flexibility index (Phi) is 7.27. The number of para-hydroxylation sites is 1. The predicted octanol–water partition coefficient (Wildman–Crippen LogP) is 4.02. The Hall–Kier alpha value is -2.64. The Labute approximate surface area is 190 Å². The second kappa shape index (κ2) is 10.3. The zero-order valence-electron chi connectivity index (χ0n) is 18.3. The van der Waals surface area contributed by atoms with E-state index in [-0.39, 0.29) is 5.91 Å². The molecule has 0 atom stereocenters. The van der Waals surface area contributed by atoms with Gasteiger partial charge in [0.15, 0.2) is 0 Å². The lowest BCUT2D eigenvalue weighted by Crippen LogP contribution is -2.31. The van der Waals surface area contributed by atoms with E-state index in [4.69, 9.17) is 0 Å². The van der Waals surface area contributed by atoms with Gasteiger partial charge in [-0.15, -0.1) is 0 Å². The minimum absolute atomic E-state index is 0.00565. The maximum atomic E-state index is 12.9. The van der Waals surface area contributed by atoms with Crippen molar-refractivity contribution >= 4 is 26.8 Å². The minimum atomic E-state index is -3.43. The molecule has 0 radical (unpaired) electrons. The van der Waals surface area contributed by atoms with Crippen LogP contribution in [0.1, 0.15) is 43.2 Å². The van der Waals surface area contributed by atoms with Crippen LogP contribution in [-0.4, -0.2) is 43.2 Å². The lowest BCUT2D eigenvalue weighted by Gasteiger charge is -2.20. The maximum Gasteiger partial charge on any atom is 0.243 e. The zero-order valence-corrected chi connectivity index (χ0v) is 19.2. The molecule has 0 aliphatic carbocycles. The third kappa shape index (κ3) is 5.40. The van der Waals surface area contributed by atoms with Crippen molar-refractivity contribution in [1.29, 1.82) is 0 Å². The largest absolute Gasteiger partial charge is 0.361 e. The monoisotopic (exact) mass is 453 g/mol. The molecule has 2 aromatic carbocycles. The first-order valence-corrected chi connectivity index (χ1v) is 12.9. The molecule has 7 heteroatoms. The molecule has 6 nitrogen and oxygen atoms in total. The molecule has 0 unspecified atom stereocenters. The summed E-state index contributed by atoms with van der Waals surface area (Å²) in [6.07, 6.45) is 7.77. The normalized spacial score (nSPS) is 15.5. The van der Waals surface area contributed by atoms with Crippen LogP contribution in [0.25, 0.3) is 10.9 Å². The smallest absolute Gasteiger partial charge is 0.243 e. The van der Waals surface area contributed by atoms with Crippen molar-refractivity contribution in [3.8, 4) is 0 Å². The summed E-state index contributed by atoms with van der Waals surface area (Å²) >= 11 is 0. The highest BCUT2D eigenvalue weighted by molar-refractivity contribution is 7.89. The average molecular weight is 454 g/mol. The summed E-state index contributed by atoms with van der Waals surface area (Å²) < 4.78 is 27.4. The van der Waals surface area contributed by atoms with Gasteiger partial charge in [0.1, 0.15) is 0 Å². The summed E-state index contributed by atoms with van der Waals surface area (Å²) in [7, 11) is -3.43. The van der Waals surface area contributed by atoms with Crippen molar-refractivity contribution in [2.45, 2.75) is 49.8 Å². The molecule has 0 spiro atoms. The number of sulfonamides is 1. The van der Waals surface area contributed by atoms with Gasteiger partial charge >= 0.3 is 0 Å². The summed E-state index contributed by atoms with van der Waals surface area (Å²) in [4.78, 5) is 15.8. The Morgan fingerprint density at radius 1 is 0.938 bits per heavy atom. The second-order valence-corrected chi connectivity index (χ2v) is 10.4. The molecule has 3 aromatic rings. The van der Waals surface area contributed by atoms with Crippen molar-refractivity contribution in [3.05, 3.63) is 65.9 Å². The molecule has 170 valence electrons. The molecule has 2 N–H and O–H groups in total. The Morgan fingerprint density at radius 3 is 2.41 bits per heavy atom. The fourth-order valence-electron chi connectivity index (χ4n) is 4.28. The van der Waals surface area contributed by atoms with E-state index < -0.39 is 10.0 Å². The number of amides is 1. The SMILES string of the molecule is O=C(CCc1ccc(S(=O)(=O)N2CCCCCC2)cc1)NCCc1c[nH]c2ccccc12. The van der Waals surface area contributed by atoms with Crippen LogP contribution in [0.2, 0.25) is 0 Å². The first-order chi connectivity index (χ1) is 15.5. The Bertz CT molecular complexity index is 1140. The van der Waals surface area contributed by atoms with Crippen molar-refractivity contribution in [2.24, 2.45) is 0 Å². The van der Waals surface area contributed by atoms with E-state index in [9.17, 15) is 13.2 Å². The quantitative estimate of drug-likeness (QED) is 0.540. The third-order valence-electron chi connectivity index (χ3n) is 6.16. The van der Waals surface area contributed by atoms with Crippen molar-refractivity contribution in [2.75, 3.05) is 19.6 Å². The molecule has 1 aliphatic rings. The van der Waals surface area contributed by atoms with E-state index in [0.29, 0.717) is 37.4 Å². The van der Waals surface area contributed by atoms with Gasteiger partial charge in [0.05, 0.1) is 4.90 Å². The van der Waals surface area contributed by atoms with Gasteiger partial charge in [-0.1, -0.05) is 43.2 Å². The molecule has 1 aromatic heterocycles. The lowest BCUT2D eigenvalue weighted by molar-refractivity contribution is -0.121. The standard InChI is InChI=1S/C25H31N3O3S/c29-25(26-16-15-21-19-27-24-8-4-3-7-23(21)24)14-11-20-9-12-22(13-10-20)32(30,31)28-17-5-1-2-6-18-28/h3-4,7-10,12-13,19,27H,1-2,5-6,11,14-18H2,(H,26,29). The van der Waals surface area contributed by atoms with Crippen LogP contribution in [0.3, 0.4) is 0 Å². The van der Waals surface area contributed by atoms with E-state index in [1.54, 1.807) is 16.4 Å². The van der Waals surface area contributed by atoms with E-state index >= 15 is 0 Å². The summed E-state index contributed by atoms with van der Waals surface area (Å²) in [5, 5.41) is 4.18. The van der Waals surface area contributed by atoms with Gasteiger partial charge < -0.3 is 10.3 Å². The van der Waals surface area contributed by atoms with Gasteiger partial charge in [0.25, 0.3) is 0 Å². The Morgan fingerprint density at radius 2 is 1.66 bits per heavy atom. The third-order valence-corrected chi connectivity index (χ3v) is 8.07. The van der Waals surface area contributed by atoms with Gasteiger partial charge in [-0.3, -0.25) is 4.79 Å². The number of aryl methyl sites for hydroxylation is 1. The van der Waals surface area contributed by atoms with E-state index in [1.807, 2.05) is 36.5 Å². The number of aromatic amines is 1. The van der Waals surface area contributed by atoms with Crippen LogP contribution >= 0.6 is 0 Å². The van der Waals surface area contributed by atoms with Crippen LogP contribution in [0, 0.1) is 0 Å². The number of H-pyrrole nitrogens is 1. The molecular weight excluding hydrogens is 422 g/mol.